The number of piperidine rings is 1. The van der Waals surface area contributed by atoms with E-state index < -0.39 is 6.04 Å². The average molecular weight is 406 g/mol. The molecule has 1 saturated carbocycles. The number of hydrogen-bond donors (Lipinski definition) is 1. The molecule has 5 nitrogen and oxygen atoms in total. The van der Waals surface area contributed by atoms with Crippen LogP contribution in [-0.4, -0.2) is 60.4 Å². The van der Waals surface area contributed by atoms with Crippen LogP contribution in [0.2, 0.25) is 0 Å². The van der Waals surface area contributed by atoms with Gasteiger partial charge >= 0.3 is 0 Å². The van der Waals surface area contributed by atoms with Crippen LogP contribution in [0.25, 0.3) is 0 Å². The second-order valence-electron chi connectivity index (χ2n) is 10.7. The van der Waals surface area contributed by atoms with Gasteiger partial charge in [0.25, 0.3) is 0 Å². The van der Waals surface area contributed by atoms with E-state index in [-0.39, 0.29) is 35.2 Å². The summed E-state index contributed by atoms with van der Waals surface area (Å²) in [5, 5.41) is 3.15. The van der Waals surface area contributed by atoms with E-state index in [0.29, 0.717) is 5.92 Å². The van der Waals surface area contributed by atoms with Gasteiger partial charge in [-0.3, -0.25) is 14.5 Å². The van der Waals surface area contributed by atoms with Crippen LogP contribution in [0.3, 0.4) is 0 Å². The van der Waals surface area contributed by atoms with E-state index in [1.165, 1.54) is 25.7 Å². The van der Waals surface area contributed by atoms with Crippen molar-refractivity contribution in [2.24, 2.45) is 23.2 Å². The molecule has 5 heteroatoms. The van der Waals surface area contributed by atoms with Crippen LogP contribution < -0.4 is 5.32 Å². The number of nitrogens with one attached hydrogen (secondary N) is 1. The second-order valence-corrected chi connectivity index (χ2v) is 10.7. The minimum absolute atomic E-state index is 0.00195. The molecule has 0 aromatic carbocycles. The standard InChI is InChI=1S/C24H43N3O2/c1-9-19(16(2)3)27(8)23(29)21(24(4,5)6)25-22(28)20-14-17-12-10-11-13-18(17)15-26(20)7/h9,16-21H,1,10-15H2,2-8H3,(H,25,28)/t17?,18?,19-,20?,21-/m1/s1. The number of likely N-dealkylation sites (N-methyl/N-ethyl adjacent to an activating group) is 2. The molecule has 3 unspecified atom stereocenters. The van der Waals surface area contributed by atoms with Crippen LogP contribution >= 0.6 is 0 Å². The van der Waals surface area contributed by atoms with Gasteiger partial charge in [-0.05, 0) is 43.1 Å². The number of amides is 2. The highest BCUT2D eigenvalue weighted by Gasteiger charge is 2.42. The van der Waals surface area contributed by atoms with E-state index in [9.17, 15) is 9.59 Å². The molecular weight excluding hydrogens is 362 g/mol. The van der Waals surface area contributed by atoms with Crippen LogP contribution in [0.5, 0.6) is 0 Å². The van der Waals surface area contributed by atoms with Crippen LogP contribution in [0.15, 0.2) is 12.7 Å². The Morgan fingerprint density at radius 3 is 2.28 bits per heavy atom. The summed E-state index contributed by atoms with van der Waals surface area (Å²) in [6.07, 6.45) is 7.86. The molecule has 0 aromatic rings. The minimum atomic E-state index is -0.557. The molecule has 1 aliphatic carbocycles. The molecule has 29 heavy (non-hydrogen) atoms. The molecule has 2 rings (SSSR count). The predicted octanol–water partition coefficient (Wildman–Crippen LogP) is 3.70. The van der Waals surface area contributed by atoms with Gasteiger partial charge < -0.3 is 10.2 Å². The van der Waals surface area contributed by atoms with Crippen molar-refractivity contribution < 1.29 is 9.59 Å². The molecule has 1 N–H and O–H groups in total. The molecule has 5 atom stereocenters. The Kier molecular flexibility index (Phi) is 7.94. The van der Waals surface area contributed by atoms with E-state index >= 15 is 0 Å². The highest BCUT2D eigenvalue weighted by atomic mass is 16.2. The van der Waals surface area contributed by atoms with Gasteiger partial charge in [0.05, 0.1) is 12.1 Å². The third-order valence-electron chi connectivity index (χ3n) is 7.07. The van der Waals surface area contributed by atoms with Crippen LogP contribution in [-0.2, 0) is 9.59 Å². The molecule has 1 saturated heterocycles. The van der Waals surface area contributed by atoms with Gasteiger partial charge in [-0.1, -0.05) is 60.0 Å². The lowest BCUT2D eigenvalue weighted by Crippen LogP contribution is -2.60. The Morgan fingerprint density at radius 2 is 1.76 bits per heavy atom. The number of fused-ring (bicyclic) bond motifs is 1. The van der Waals surface area contributed by atoms with Crippen molar-refractivity contribution in [2.75, 3.05) is 20.6 Å². The van der Waals surface area contributed by atoms with E-state index in [2.05, 4.69) is 37.7 Å². The Labute approximate surface area is 178 Å². The van der Waals surface area contributed by atoms with Crippen molar-refractivity contribution in [1.82, 2.24) is 15.1 Å². The fourth-order valence-electron chi connectivity index (χ4n) is 5.22. The quantitative estimate of drug-likeness (QED) is 0.686. The maximum Gasteiger partial charge on any atom is 0.245 e. The zero-order chi connectivity index (χ0) is 21.9. The number of carbonyl (C=O) groups excluding carboxylic acids is 2. The number of carbonyl (C=O) groups is 2. The molecule has 2 fully saturated rings. The molecule has 0 radical (unpaired) electrons. The Hall–Kier alpha value is -1.36. The number of nitrogens with zero attached hydrogens (tertiary/aromatic N) is 2. The first-order valence-electron chi connectivity index (χ1n) is 11.4. The Balaban J connectivity index is 2.14. The molecule has 0 spiro atoms. The highest BCUT2D eigenvalue weighted by molar-refractivity contribution is 5.90. The van der Waals surface area contributed by atoms with Gasteiger partial charge in [0.15, 0.2) is 0 Å². The smallest absolute Gasteiger partial charge is 0.245 e. The number of hydrogen-bond acceptors (Lipinski definition) is 3. The fourth-order valence-corrected chi connectivity index (χ4v) is 5.22. The maximum atomic E-state index is 13.4. The maximum absolute atomic E-state index is 13.4. The highest BCUT2D eigenvalue weighted by Crippen LogP contribution is 2.38. The Bertz CT molecular complexity index is 595. The fraction of sp³-hybridized carbons (Fsp3) is 0.833. The first kappa shape index (κ1) is 23.9. The molecule has 2 aliphatic rings. The summed E-state index contributed by atoms with van der Waals surface area (Å²) in [7, 11) is 3.88. The van der Waals surface area contributed by atoms with Crippen LogP contribution in [0.1, 0.15) is 66.7 Å². The van der Waals surface area contributed by atoms with Gasteiger partial charge in [-0.2, -0.15) is 0 Å². The second kappa shape index (κ2) is 9.63. The van der Waals surface area contributed by atoms with Crippen molar-refractivity contribution in [3.63, 3.8) is 0 Å². The zero-order valence-electron chi connectivity index (χ0n) is 19.7. The monoisotopic (exact) mass is 405 g/mol. The van der Waals surface area contributed by atoms with Crippen LogP contribution in [0, 0.1) is 23.2 Å². The largest absolute Gasteiger partial charge is 0.342 e. The van der Waals surface area contributed by atoms with Gasteiger partial charge in [0.1, 0.15) is 6.04 Å². The molecule has 0 bridgehead atoms. The third kappa shape index (κ3) is 5.62. The predicted molar refractivity (Wildman–Crippen MR) is 119 cm³/mol. The van der Waals surface area contributed by atoms with Crippen molar-refractivity contribution in [2.45, 2.75) is 84.8 Å². The first-order valence-corrected chi connectivity index (χ1v) is 11.4. The van der Waals surface area contributed by atoms with Crippen molar-refractivity contribution in [3.05, 3.63) is 12.7 Å². The molecule has 0 aromatic heterocycles. The lowest BCUT2D eigenvalue weighted by molar-refractivity contribution is -0.142. The van der Waals surface area contributed by atoms with Crippen LogP contribution in [0.4, 0.5) is 0 Å². The number of likely N-dealkylation sites (tertiary alicyclic amines) is 1. The summed E-state index contributed by atoms with van der Waals surface area (Å²) in [4.78, 5) is 30.6. The average Bonchev–Trinajstić information content (AvgIpc) is 2.64. The lowest BCUT2D eigenvalue weighted by atomic mass is 9.73. The van der Waals surface area contributed by atoms with E-state index in [0.717, 1.165) is 18.9 Å². The van der Waals surface area contributed by atoms with Crippen molar-refractivity contribution >= 4 is 11.8 Å². The van der Waals surface area contributed by atoms with E-state index in [1.807, 2.05) is 33.9 Å². The van der Waals surface area contributed by atoms with E-state index in [4.69, 9.17) is 0 Å². The molecule has 1 aliphatic heterocycles. The molecular formula is C24H43N3O2. The number of rotatable bonds is 6. The topological polar surface area (TPSA) is 52.7 Å². The summed E-state index contributed by atoms with van der Waals surface area (Å²) >= 11 is 0. The lowest BCUT2D eigenvalue weighted by Gasteiger charge is -2.45. The normalized spacial score (nSPS) is 27.7. The van der Waals surface area contributed by atoms with E-state index in [1.54, 1.807) is 4.90 Å². The summed E-state index contributed by atoms with van der Waals surface area (Å²) in [5.74, 6) is 1.60. The van der Waals surface area contributed by atoms with Gasteiger partial charge in [0.2, 0.25) is 11.8 Å². The van der Waals surface area contributed by atoms with Gasteiger partial charge in [-0.15, -0.1) is 6.58 Å². The summed E-state index contributed by atoms with van der Waals surface area (Å²) in [5.41, 5.74) is -0.371. The summed E-state index contributed by atoms with van der Waals surface area (Å²) < 4.78 is 0. The third-order valence-corrected chi connectivity index (χ3v) is 7.07. The summed E-state index contributed by atoms with van der Waals surface area (Å²) in [6.45, 7) is 15.1. The zero-order valence-corrected chi connectivity index (χ0v) is 19.7. The van der Waals surface area contributed by atoms with Crippen molar-refractivity contribution in [1.29, 1.82) is 0 Å². The molecule has 166 valence electrons. The van der Waals surface area contributed by atoms with Gasteiger partial charge in [0, 0.05) is 13.6 Å². The van der Waals surface area contributed by atoms with Gasteiger partial charge in [-0.25, -0.2) is 0 Å². The van der Waals surface area contributed by atoms with Crippen molar-refractivity contribution in [3.8, 4) is 0 Å². The minimum Gasteiger partial charge on any atom is -0.342 e. The summed E-state index contributed by atoms with van der Waals surface area (Å²) in [6, 6.07) is -0.749. The Morgan fingerprint density at radius 1 is 1.17 bits per heavy atom. The SMILES string of the molecule is C=C[C@H](C(C)C)N(C)C(=O)[C@@H](NC(=O)C1CC2CCCCC2CN1C)C(C)(C)C. The molecule has 1 heterocycles. The molecule has 2 amide bonds. The first-order chi connectivity index (χ1) is 13.5.